The number of anilines is 1. The van der Waals surface area contributed by atoms with Crippen molar-refractivity contribution in [2.24, 2.45) is 0 Å². The normalized spacial score (nSPS) is 10.9. The first-order chi connectivity index (χ1) is 8.27. The Balaban J connectivity index is 2.31. The van der Waals surface area contributed by atoms with Gasteiger partial charge in [0.1, 0.15) is 5.52 Å². The van der Waals surface area contributed by atoms with E-state index in [1.54, 1.807) is 10.9 Å². The van der Waals surface area contributed by atoms with Crippen LogP contribution in [0.4, 0.5) is 5.69 Å². The Morgan fingerprint density at radius 3 is 2.88 bits per heavy atom. The molecule has 0 aliphatic heterocycles. The van der Waals surface area contributed by atoms with E-state index < -0.39 is 0 Å². The molecule has 84 valence electrons. The van der Waals surface area contributed by atoms with E-state index in [0.717, 1.165) is 16.6 Å². The number of hydrogen-bond acceptors (Lipinski definition) is 4. The van der Waals surface area contributed by atoms with E-state index >= 15 is 0 Å². The third kappa shape index (κ3) is 1.44. The van der Waals surface area contributed by atoms with E-state index in [-0.39, 0.29) is 0 Å². The summed E-state index contributed by atoms with van der Waals surface area (Å²) in [5.41, 5.74) is 9.35. The highest BCUT2D eigenvalue weighted by molar-refractivity contribution is 5.77. The summed E-state index contributed by atoms with van der Waals surface area (Å²) < 4.78 is 1.66. The topological polar surface area (TPSA) is 69.6 Å². The number of aromatic nitrogens is 4. The van der Waals surface area contributed by atoms with Crippen LogP contribution in [-0.2, 0) is 0 Å². The van der Waals surface area contributed by atoms with Crippen LogP contribution in [0.25, 0.3) is 16.9 Å². The molecule has 17 heavy (non-hydrogen) atoms. The monoisotopic (exact) mass is 225 g/mol. The lowest BCUT2D eigenvalue weighted by Crippen LogP contribution is -2.05. The third-order valence-corrected chi connectivity index (χ3v) is 2.74. The molecule has 1 aromatic carbocycles. The van der Waals surface area contributed by atoms with E-state index in [9.17, 15) is 0 Å². The van der Waals surface area contributed by atoms with Crippen molar-refractivity contribution in [3.63, 3.8) is 0 Å². The average Bonchev–Trinajstić information content (AvgIpc) is 2.77. The Morgan fingerprint density at radius 2 is 2.00 bits per heavy atom. The second kappa shape index (κ2) is 3.55. The molecule has 3 rings (SSSR count). The summed E-state index contributed by atoms with van der Waals surface area (Å²) in [4.78, 5) is 4.27. The molecule has 2 N–H and O–H groups in total. The summed E-state index contributed by atoms with van der Waals surface area (Å²) in [6, 6.07) is 9.59. The van der Waals surface area contributed by atoms with Gasteiger partial charge >= 0.3 is 0 Å². The van der Waals surface area contributed by atoms with Gasteiger partial charge in [-0.25, -0.2) is 4.98 Å². The van der Waals surface area contributed by atoms with Crippen LogP contribution in [-0.4, -0.2) is 20.0 Å². The Labute approximate surface area is 97.9 Å². The summed E-state index contributed by atoms with van der Waals surface area (Å²) in [5, 5.41) is 8.17. The molecule has 3 aromatic rings. The molecule has 0 saturated carbocycles. The van der Waals surface area contributed by atoms with Crippen molar-refractivity contribution in [2.75, 3.05) is 5.73 Å². The van der Waals surface area contributed by atoms with E-state index in [2.05, 4.69) is 15.3 Å². The lowest BCUT2D eigenvalue weighted by molar-refractivity contribution is 0.802. The second-order valence-corrected chi connectivity index (χ2v) is 3.86. The van der Waals surface area contributed by atoms with Gasteiger partial charge in [-0.15, -0.1) is 5.10 Å². The first-order valence-electron chi connectivity index (χ1n) is 5.29. The summed E-state index contributed by atoms with van der Waals surface area (Å²) >= 11 is 0. The lowest BCUT2D eigenvalue weighted by atomic mass is 10.2. The Morgan fingerprint density at radius 1 is 1.18 bits per heavy atom. The molecule has 2 aromatic heterocycles. The van der Waals surface area contributed by atoms with Gasteiger partial charge in [0, 0.05) is 6.20 Å². The van der Waals surface area contributed by atoms with Gasteiger partial charge in [-0.05, 0) is 30.7 Å². The van der Waals surface area contributed by atoms with Crippen molar-refractivity contribution in [3.8, 4) is 5.82 Å². The molecule has 0 unspecified atom stereocenters. The first-order valence-corrected chi connectivity index (χ1v) is 5.29. The molecule has 0 spiro atoms. The van der Waals surface area contributed by atoms with Gasteiger partial charge < -0.3 is 5.73 Å². The standard InChI is InChI=1S/C12H11N5/c1-8-6-7-14-12(11(8)13)17-10-5-3-2-4-9(10)15-16-17/h2-7H,13H2,1H3. The van der Waals surface area contributed by atoms with Crippen molar-refractivity contribution in [1.29, 1.82) is 0 Å². The number of aryl methyl sites for hydroxylation is 1. The number of nitrogen functional groups attached to an aromatic ring is 1. The summed E-state index contributed by atoms with van der Waals surface area (Å²) in [7, 11) is 0. The zero-order valence-electron chi connectivity index (χ0n) is 9.33. The minimum atomic E-state index is 0.624. The van der Waals surface area contributed by atoms with Crippen LogP contribution in [0.15, 0.2) is 36.5 Å². The summed E-state index contributed by atoms with van der Waals surface area (Å²) in [6.45, 7) is 1.94. The van der Waals surface area contributed by atoms with Crippen LogP contribution < -0.4 is 5.73 Å². The SMILES string of the molecule is Cc1ccnc(-n2nnc3ccccc32)c1N. The lowest BCUT2D eigenvalue weighted by Gasteiger charge is -2.06. The Bertz CT molecular complexity index is 686. The van der Waals surface area contributed by atoms with Gasteiger partial charge in [0.2, 0.25) is 0 Å². The molecule has 0 saturated heterocycles. The molecule has 0 aliphatic carbocycles. The molecular weight excluding hydrogens is 214 g/mol. The predicted molar refractivity (Wildman–Crippen MR) is 65.8 cm³/mol. The fourth-order valence-corrected chi connectivity index (χ4v) is 1.75. The highest BCUT2D eigenvalue weighted by atomic mass is 15.4. The molecule has 0 atom stereocenters. The summed E-state index contributed by atoms with van der Waals surface area (Å²) in [5.74, 6) is 0.624. The summed E-state index contributed by atoms with van der Waals surface area (Å²) in [6.07, 6.45) is 1.72. The van der Waals surface area contributed by atoms with E-state index in [1.807, 2.05) is 37.3 Å². The number of para-hydroxylation sites is 1. The van der Waals surface area contributed by atoms with Crippen LogP contribution in [0.3, 0.4) is 0 Å². The molecule has 2 heterocycles. The smallest absolute Gasteiger partial charge is 0.179 e. The van der Waals surface area contributed by atoms with Gasteiger partial charge in [0.15, 0.2) is 5.82 Å². The Hall–Kier alpha value is -2.43. The van der Waals surface area contributed by atoms with Gasteiger partial charge in [0.25, 0.3) is 0 Å². The molecule has 0 aliphatic rings. The molecule has 5 heteroatoms. The fourth-order valence-electron chi connectivity index (χ4n) is 1.75. The van der Waals surface area contributed by atoms with Crippen LogP contribution in [0.1, 0.15) is 5.56 Å². The van der Waals surface area contributed by atoms with E-state index in [4.69, 9.17) is 5.73 Å². The Kier molecular flexibility index (Phi) is 2.04. The van der Waals surface area contributed by atoms with Gasteiger partial charge in [-0.2, -0.15) is 4.68 Å². The number of nitrogens with two attached hydrogens (primary N) is 1. The van der Waals surface area contributed by atoms with E-state index in [1.165, 1.54) is 0 Å². The maximum absolute atomic E-state index is 6.01. The zero-order valence-corrected chi connectivity index (χ0v) is 9.33. The number of benzene rings is 1. The highest BCUT2D eigenvalue weighted by Crippen LogP contribution is 2.21. The number of hydrogen-bond donors (Lipinski definition) is 1. The zero-order chi connectivity index (χ0) is 11.8. The predicted octanol–water partition coefficient (Wildman–Crippen LogP) is 1.71. The molecule has 5 nitrogen and oxygen atoms in total. The van der Waals surface area contributed by atoms with Crippen LogP contribution in [0.2, 0.25) is 0 Å². The van der Waals surface area contributed by atoms with Crippen LogP contribution >= 0.6 is 0 Å². The number of pyridine rings is 1. The minimum absolute atomic E-state index is 0.624. The largest absolute Gasteiger partial charge is 0.395 e. The second-order valence-electron chi connectivity index (χ2n) is 3.86. The minimum Gasteiger partial charge on any atom is -0.395 e. The maximum atomic E-state index is 6.01. The fraction of sp³-hybridized carbons (Fsp3) is 0.0833. The number of nitrogens with zero attached hydrogens (tertiary/aromatic N) is 4. The van der Waals surface area contributed by atoms with Crippen molar-refractivity contribution >= 4 is 16.7 Å². The molecular formula is C12H11N5. The average molecular weight is 225 g/mol. The third-order valence-electron chi connectivity index (χ3n) is 2.74. The molecule has 0 bridgehead atoms. The van der Waals surface area contributed by atoms with Crippen molar-refractivity contribution in [1.82, 2.24) is 20.0 Å². The van der Waals surface area contributed by atoms with Crippen molar-refractivity contribution in [2.45, 2.75) is 6.92 Å². The van der Waals surface area contributed by atoms with E-state index in [0.29, 0.717) is 11.5 Å². The molecule has 0 radical (unpaired) electrons. The molecule has 0 amide bonds. The van der Waals surface area contributed by atoms with Gasteiger partial charge in [-0.1, -0.05) is 17.3 Å². The van der Waals surface area contributed by atoms with Crippen molar-refractivity contribution in [3.05, 3.63) is 42.1 Å². The maximum Gasteiger partial charge on any atom is 0.179 e. The first kappa shape index (κ1) is 9.77. The number of rotatable bonds is 1. The molecule has 0 fully saturated rings. The van der Waals surface area contributed by atoms with Gasteiger partial charge in [0.05, 0.1) is 11.2 Å². The van der Waals surface area contributed by atoms with Gasteiger partial charge in [-0.3, -0.25) is 0 Å². The quantitative estimate of drug-likeness (QED) is 0.684. The van der Waals surface area contributed by atoms with Crippen LogP contribution in [0.5, 0.6) is 0 Å². The highest BCUT2D eigenvalue weighted by Gasteiger charge is 2.10. The van der Waals surface area contributed by atoms with Crippen LogP contribution in [0, 0.1) is 6.92 Å². The van der Waals surface area contributed by atoms with Crippen molar-refractivity contribution < 1.29 is 0 Å². The number of fused-ring (bicyclic) bond motifs is 1.